The molecule has 2 atom stereocenters. The minimum atomic E-state index is -0.991. The Morgan fingerprint density at radius 1 is 1.11 bits per heavy atom. The second-order valence-electron chi connectivity index (χ2n) is 6.48. The number of carbonyl (C=O) groups is 3. The quantitative estimate of drug-likeness (QED) is 0.493. The first-order valence-electron chi connectivity index (χ1n) is 9.12. The highest BCUT2D eigenvalue weighted by atomic mass is 16.5. The van der Waals surface area contributed by atoms with Crippen LogP contribution >= 0.6 is 0 Å². The number of nitrogens with zero attached hydrogens (tertiary/aromatic N) is 1. The van der Waals surface area contributed by atoms with Crippen molar-refractivity contribution < 1.29 is 19.1 Å². The molecule has 6 nitrogen and oxygen atoms in total. The second-order valence-corrected chi connectivity index (χ2v) is 6.48. The third-order valence-corrected chi connectivity index (χ3v) is 4.49. The van der Waals surface area contributed by atoms with Gasteiger partial charge in [0.2, 0.25) is 0 Å². The van der Waals surface area contributed by atoms with Crippen molar-refractivity contribution in [2.45, 2.75) is 25.9 Å². The van der Waals surface area contributed by atoms with E-state index in [-0.39, 0.29) is 12.5 Å². The van der Waals surface area contributed by atoms with E-state index in [4.69, 9.17) is 4.74 Å². The molecule has 0 aliphatic carbocycles. The Labute approximate surface area is 163 Å². The zero-order valence-corrected chi connectivity index (χ0v) is 15.8. The van der Waals surface area contributed by atoms with Crippen LogP contribution in [0.1, 0.15) is 18.1 Å². The van der Waals surface area contributed by atoms with Gasteiger partial charge in [0, 0.05) is 5.69 Å². The van der Waals surface area contributed by atoms with Gasteiger partial charge in [-0.3, -0.25) is 9.59 Å². The SMILES string of the molecule is CCOC(=O)C(=O)N[C@@H]1C(=O)N(c2ccc(C)cc2)[C@@H]1/C=C/c1ccccc1. The lowest BCUT2D eigenvalue weighted by Gasteiger charge is -2.45. The van der Waals surface area contributed by atoms with Gasteiger partial charge in [-0.25, -0.2) is 4.79 Å². The molecule has 2 amide bonds. The summed E-state index contributed by atoms with van der Waals surface area (Å²) in [6, 6.07) is 16.0. The topological polar surface area (TPSA) is 75.7 Å². The summed E-state index contributed by atoms with van der Waals surface area (Å²) in [5.74, 6) is -2.18. The molecule has 3 rings (SSSR count). The summed E-state index contributed by atoms with van der Waals surface area (Å²) in [7, 11) is 0. The lowest BCUT2D eigenvalue weighted by atomic mass is 9.92. The monoisotopic (exact) mass is 378 g/mol. The average molecular weight is 378 g/mol. The van der Waals surface area contributed by atoms with Crippen LogP contribution in [0.5, 0.6) is 0 Å². The number of rotatable bonds is 5. The maximum absolute atomic E-state index is 12.7. The number of hydrogen-bond donors (Lipinski definition) is 1. The summed E-state index contributed by atoms with van der Waals surface area (Å²) in [4.78, 5) is 37.9. The summed E-state index contributed by atoms with van der Waals surface area (Å²) < 4.78 is 4.70. The molecule has 28 heavy (non-hydrogen) atoms. The van der Waals surface area contributed by atoms with Crippen molar-refractivity contribution in [1.82, 2.24) is 5.32 Å². The zero-order valence-electron chi connectivity index (χ0n) is 15.8. The van der Waals surface area contributed by atoms with Crippen LogP contribution in [-0.4, -0.2) is 36.5 Å². The summed E-state index contributed by atoms with van der Waals surface area (Å²) in [5.41, 5.74) is 2.79. The van der Waals surface area contributed by atoms with E-state index < -0.39 is 24.0 Å². The van der Waals surface area contributed by atoms with Gasteiger partial charge < -0.3 is 15.0 Å². The molecule has 0 spiro atoms. The second kappa shape index (κ2) is 8.52. The predicted octanol–water partition coefficient (Wildman–Crippen LogP) is 2.47. The molecule has 0 bridgehead atoms. The highest BCUT2D eigenvalue weighted by molar-refractivity contribution is 6.33. The molecule has 2 aromatic rings. The van der Waals surface area contributed by atoms with Crippen LogP contribution in [0.3, 0.4) is 0 Å². The van der Waals surface area contributed by atoms with E-state index in [9.17, 15) is 14.4 Å². The lowest BCUT2D eigenvalue weighted by Crippen LogP contribution is -2.71. The van der Waals surface area contributed by atoms with Crippen molar-refractivity contribution >= 4 is 29.5 Å². The summed E-state index contributed by atoms with van der Waals surface area (Å²) in [5, 5.41) is 2.49. The number of amides is 2. The van der Waals surface area contributed by atoms with Crippen LogP contribution in [0.25, 0.3) is 6.08 Å². The first-order chi connectivity index (χ1) is 13.5. The first-order valence-corrected chi connectivity index (χ1v) is 9.12. The first kappa shape index (κ1) is 19.4. The fourth-order valence-corrected chi connectivity index (χ4v) is 3.03. The fraction of sp³-hybridized carbons (Fsp3) is 0.227. The Morgan fingerprint density at radius 2 is 1.79 bits per heavy atom. The van der Waals surface area contributed by atoms with E-state index in [0.29, 0.717) is 0 Å². The molecule has 1 aliphatic heterocycles. The minimum absolute atomic E-state index is 0.0949. The predicted molar refractivity (Wildman–Crippen MR) is 106 cm³/mol. The Morgan fingerprint density at radius 3 is 2.43 bits per heavy atom. The van der Waals surface area contributed by atoms with E-state index in [1.807, 2.05) is 73.7 Å². The maximum atomic E-state index is 12.7. The number of hydrogen-bond acceptors (Lipinski definition) is 4. The number of carbonyl (C=O) groups excluding carboxylic acids is 3. The van der Waals surface area contributed by atoms with Crippen LogP contribution < -0.4 is 10.2 Å². The average Bonchev–Trinajstić information content (AvgIpc) is 2.71. The third-order valence-electron chi connectivity index (χ3n) is 4.49. The molecule has 1 fully saturated rings. The molecule has 1 aliphatic rings. The zero-order chi connectivity index (χ0) is 20.1. The van der Waals surface area contributed by atoms with Gasteiger partial charge in [-0.2, -0.15) is 0 Å². The number of anilines is 1. The molecule has 0 radical (unpaired) electrons. The van der Waals surface area contributed by atoms with E-state index >= 15 is 0 Å². The maximum Gasteiger partial charge on any atom is 0.396 e. The van der Waals surface area contributed by atoms with E-state index in [2.05, 4.69) is 5.32 Å². The van der Waals surface area contributed by atoms with Crippen LogP contribution in [0.4, 0.5) is 5.69 Å². The van der Waals surface area contributed by atoms with Crippen LogP contribution in [-0.2, 0) is 19.1 Å². The van der Waals surface area contributed by atoms with Gasteiger partial charge in [-0.1, -0.05) is 60.2 Å². The normalized spacial score (nSPS) is 18.6. The lowest BCUT2D eigenvalue weighted by molar-refractivity contribution is -0.155. The molecule has 2 aromatic carbocycles. The standard InChI is InChI=1S/C22H22N2O4/c1-3-28-22(27)20(25)23-19-18(14-11-16-7-5-4-6-8-16)24(21(19)26)17-12-9-15(2)10-13-17/h4-14,18-19H,3H2,1-2H3,(H,23,25)/b14-11+/t18-,19+/m1/s1. The fourth-order valence-electron chi connectivity index (χ4n) is 3.03. The van der Waals surface area contributed by atoms with Gasteiger partial charge in [0.05, 0.1) is 12.6 Å². The Hall–Kier alpha value is -3.41. The van der Waals surface area contributed by atoms with Crippen molar-refractivity contribution in [3.63, 3.8) is 0 Å². The number of ether oxygens (including phenoxy) is 1. The van der Waals surface area contributed by atoms with Crippen molar-refractivity contribution in [3.05, 3.63) is 71.8 Å². The van der Waals surface area contributed by atoms with Crippen molar-refractivity contribution in [1.29, 1.82) is 0 Å². The highest BCUT2D eigenvalue weighted by Crippen LogP contribution is 2.30. The molecule has 1 heterocycles. The van der Waals surface area contributed by atoms with Gasteiger partial charge in [-0.05, 0) is 31.5 Å². The van der Waals surface area contributed by atoms with Gasteiger partial charge >= 0.3 is 11.9 Å². The Kier molecular flexibility index (Phi) is 5.89. The number of β-lactam (4-membered cyclic amide) rings is 1. The molecule has 0 aromatic heterocycles. The molecular formula is C22H22N2O4. The van der Waals surface area contributed by atoms with Crippen LogP contribution in [0, 0.1) is 6.92 Å². The molecular weight excluding hydrogens is 356 g/mol. The van der Waals surface area contributed by atoms with E-state index in [1.54, 1.807) is 11.8 Å². The Balaban J connectivity index is 1.83. The summed E-state index contributed by atoms with van der Waals surface area (Å²) in [6.45, 7) is 3.68. The van der Waals surface area contributed by atoms with Gasteiger partial charge in [0.1, 0.15) is 6.04 Å². The van der Waals surface area contributed by atoms with Crippen LogP contribution in [0.2, 0.25) is 0 Å². The van der Waals surface area contributed by atoms with Crippen molar-refractivity contribution in [2.24, 2.45) is 0 Å². The number of benzene rings is 2. The summed E-state index contributed by atoms with van der Waals surface area (Å²) in [6.07, 6.45) is 3.74. The van der Waals surface area contributed by atoms with Gasteiger partial charge in [-0.15, -0.1) is 0 Å². The van der Waals surface area contributed by atoms with E-state index in [1.165, 1.54) is 0 Å². The van der Waals surface area contributed by atoms with E-state index in [0.717, 1.165) is 16.8 Å². The molecule has 6 heteroatoms. The summed E-state index contributed by atoms with van der Waals surface area (Å²) >= 11 is 0. The van der Waals surface area contributed by atoms with Gasteiger partial charge in [0.15, 0.2) is 0 Å². The minimum Gasteiger partial charge on any atom is -0.459 e. The van der Waals surface area contributed by atoms with Crippen molar-refractivity contribution in [2.75, 3.05) is 11.5 Å². The number of nitrogens with one attached hydrogen (secondary N) is 1. The van der Waals surface area contributed by atoms with Crippen LogP contribution in [0.15, 0.2) is 60.7 Å². The molecule has 0 saturated carbocycles. The van der Waals surface area contributed by atoms with Gasteiger partial charge in [0.25, 0.3) is 5.91 Å². The van der Waals surface area contributed by atoms with Crippen molar-refractivity contribution in [3.8, 4) is 0 Å². The number of esters is 1. The third kappa shape index (κ3) is 4.11. The number of aryl methyl sites for hydroxylation is 1. The molecule has 144 valence electrons. The highest BCUT2D eigenvalue weighted by Gasteiger charge is 2.48. The molecule has 1 saturated heterocycles. The Bertz CT molecular complexity index is 891. The molecule has 1 N–H and O–H groups in total. The largest absolute Gasteiger partial charge is 0.459 e. The smallest absolute Gasteiger partial charge is 0.396 e. The molecule has 0 unspecified atom stereocenters.